The van der Waals surface area contributed by atoms with Crippen molar-refractivity contribution < 1.29 is 9.84 Å². The minimum absolute atomic E-state index is 0.0374. The number of benzene rings is 1. The molecule has 3 rings (SSSR count). The number of aromatic nitrogens is 2. The lowest BCUT2D eigenvalue weighted by Crippen LogP contribution is -2.26. The van der Waals surface area contributed by atoms with E-state index in [1.807, 2.05) is 24.3 Å². The summed E-state index contributed by atoms with van der Waals surface area (Å²) in [5, 5.41) is 9.33. The summed E-state index contributed by atoms with van der Waals surface area (Å²) >= 11 is 0. The average molecular weight is 313 g/mol. The molecule has 1 fully saturated rings. The first kappa shape index (κ1) is 16.1. The highest BCUT2D eigenvalue weighted by molar-refractivity contribution is 5.15. The minimum Gasteiger partial charge on any atom is -0.395 e. The Bertz CT molecular complexity index is 600. The molecule has 1 aliphatic heterocycles. The normalized spacial score (nSPS) is 17.7. The van der Waals surface area contributed by atoms with E-state index in [0.29, 0.717) is 13.1 Å². The van der Waals surface area contributed by atoms with Gasteiger partial charge in [0.15, 0.2) is 5.82 Å². The highest BCUT2D eigenvalue weighted by Crippen LogP contribution is 2.25. The van der Waals surface area contributed by atoms with Crippen LogP contribution < -0.4 is 0 Å². The Morgan fingerprint density at radius 3 is 2.78 bits per heavy atom. The van der Waals surface area contributed by atoms with E-state index in [1.54, 1.807) is 6.20 Å². The van der Waals surface area contributed by atoms with Gasteiger partial charge < -0.3 is 9.84 Å². The lowest BCUT2D eigenvalue weighted by molar-refractivity contribution is 0.104. The van der Waals surface area contributed by atoms with Crippen LogP contribution in [-0.2, 0) is 17.8 Å². The predicted octanol–water partition coefficient (Wildman–Crippen LogP) is 2.32. The summed E-state index contributed by atoms with van der Waals surface area (Å²) in [7, 11) is 0. The van der Waals surface area contributed by atoms with Crippen molar-refractivity contribution in [3.63, 3.8) is 0 Å². The number of nitrogens with zero attached hydrogens (tertiary/aromatic N) is 3. The molecule has 1 aromatic heterocycles. The lowest BCUT2D eigenvalue weighted by Gasteiger charge is -2.21. The largest absolute Gasteiger partial charge is 0.395 e. The average Bonchev–Trinajstić information content (AvgIpc) is 3.11. The van der Waals surface area contributed by atoms with Crippen molar-refractivity contribution in [3.05, 3.63) is 59.7 Å². The van der Waals surface area contributed by atoms with Gasteiger partial charge in [0.25, 0.3) is 0 Å². The second-order valence-electron chi connectivity index (χ2n) is 5.83. The maximum atomic E-state index is 9.33. The van der Waals surface area contributed by atoms with E-state index in [0.717, 1.165) is 37.5 Å². The van der Waals surface area contributed by atoms with Gasteiger partial charge in [-0.3, -0.25) is 4.90 Å². The molecule has 5 nitrogen and oxygen atoms in total. The summed E-state index contributed by atoms with van der Waals surface area (Å²) in [6, 6.07) is 12.2. The van der Waals surface area contributed by atoms with Crippen LogP contribution in [0, 0.1) is 0 Å². The molecule has 0 amide bonds. The van der Waals surface area contributed by atoms with Crippen molar-refractivity contribution in [1.82, 2.24) is 14.9 Å². The summed E-state index contributed by atoms with van der Waals surface area (Å²) in [5.74, 6) is 0.781. The Kier molecular flexibility index (Phi) is 5.69. The van der Waals surface area contributed by atoms with Gasteiger partial charge in [-0.15, -0.1) is 0 Å². The van der Waals surface area contributed by atoms with E-state index in [2.05, 4.69) is 27.0 Å². The molecule has 0 bridgehead atoms. The molecular formula is C18H23N3O2. The smallest absolute Gasteiger partial charge is 0.157 e. The zero-order valence-corrected chi connectivity index (χ0v) is 13.3. The Morgan fingerprint density at radius 2 is 2.04 bits per heavy atom. The number of rotatable bonds is 7. The van der Waals surface area contributed by atoms with E-state index in [9.17, 15) is 5.11 Å². The maximum Gasteiger partial charge on any atom is 0.157 e. The lowest BCUT2D eigenvalue weighted by atomic mass is 10.2. The quantitative estimate of drug-likeness (QED) is 0.850. The molecule has 1 N–H and O–H groups in total. The predicted molar refractivity (Wildman–Crippen MR) is 87.6 cm³/mol. The second-order valence-corrected chi connectivity index (χ2v) is 5.83. The Hall–Kier alpha value is -1.82. The third-order valence-electron chi connectivity index (χ3n) is 4.00. The van der Waals surface area contributed by atoms with Gasteiger partial charge in [0, 0.05) is 32.4 Å². The van der Waals surface area contributed by atoms with Crippen LogP contribution in [0.4, 0.5) is 0 Å². The van der Waals surface area contributed by atoms with Gasteiger partial charge >= 0.3 is 0 Å². The van der Waals surface area contributed by atoms with Crippen molar-refractivity contribution in [3.8, 4) is 0 Å². The number of hydrogen-bond donors (Lipinski definition) is 1. The van der Waals surface area contributed by atoms with Crippen LogP contribution in [0.5, 0.6) is 0 Å². The number of ether oxygens (including phenoxy) is 1. The first-order valence-corrected chi connectivity index (χ1v) is 8.16. The van der Waals surface area contributed by atoms with Gasteiger partial charge in [-0.05, 0) is 24.5 Å². The summed E-state index contributed by atoms with van der Waals surface area (Å²) in [4.78, 5) is 11.2. The van der Waals surface area contributed by atoms with Gasteiger partial charge in [0.1, 0.15) is 6.10 Å². The van der Waals surface area contributed by atoms with Crippen molar-refractivity contribution in [2.45, 2.75) is 32.0 Å². The number of hydrogen-bond acceptors (Lipinski definition) is 5. The molecule has 0 saturated carbocycles. The zero-order valence-electron chi connectivity index (χ0n) is 13.3. The molecular weight excluding hydrogens is 290 g/mol. The SMILES string of the molecule is OCCN(Cc1ccccc1)Cc1ccnc(C2CCCO2)n1. The molecule has 122 valence electrons. The molecule has 1 saturated heterocycles. The van der Waals surface area contributed by atoms with Crippen LogP contribution >= 0.6 is 0 Å². The molecule has 1 aromatic carbocycles. The van der Waals surface area contributed by atoms with Crippen LogP contribution in [0.15, 0.2) is 42.6 Å². The van der Waals surface area contributed by atoms with Gasteiger partial charge in [0.05, 0.1) is 12.3 Å². The van der Waals surface area contributed by atoms with Gasteiger partial charge in [-0.25, -0.2) is 9.97 Å². The highest BCUT2D eigenvalue weighted by Gasteiger charge is 2.20. The topological polar surface area (TPSA) is 58.5 Å². The third kappa shape index (κ3) is 4.58. The third-order valence-corrected chi connectivity index (χ3v) is 4.00. The molecule has 5 heteroatoms. The first-order valence-electron chi connectivity index (χ1n) is 8.16. The van der Waals surface area contributed by atoms with Gasteiger partial charge in [-0.1, -0.05) is 30.3 Å². The summed E-state index contributed by atoms with van der Waals surface area (Å²) in [6.45, 7) is 3.03. The van der Waals surface area contributed by atoms with E-state index in [1.165, 1.54) is 5.56 Å². The summed E-state index contributed by atoms with van der Waals surface area (Å²) in [5.41, 5.74) is 2.20. The summed E-state index contributed by atoms with van der Waals surface area (Å²) in [6.07, 6.45) is 3.91. The molecule has 2 aromatic rings. The van der Waals surface area contributed by atoms with Crippen molar-refractivity contribution >= 4 is 0 Å². The van der Waals surface area contributed by atoms with E-state index in [-0.39, 0.29) is 12.7 Å². The zero-order chi connectivity index (χ0) is 15.9. The van der Waals surface area contributed by atoms with Crippen LogP contribution in [0.2, 0.25) is 0 Å². The molecule has 0 aliphatic carbocycles. The number of aliphatic hydroxyl groups excluding tert-OH is 1. The minimum atomic E-state index is 0.0374. The molecule has 1 aliphatic rings. The van der Waals surface area contributed by atoms with Crippen LogP contribution in [0.1, 0.15) is 36.0 Å². The molecule has 23 heavy (non-hydrogen) atoms. The van der Waals surface area contributed by atoms with Crippen molar-refractivity contribution in [2.24, 2.45) is 0 Å². The first-order chi connectivity index (χ1) is 11.3. The maximum absolute atomic E-state index is 9.33. The Morgan fingerprint density at radius 1 is 1.17 bits per heavy atom. The van der Waals surface area contributed by atoms with Crippen molar-refractivity contribution in [1.29, 1.82) is 0 Å². The van der Waals surface area contributed by atoms with Crippen LogP contribution in [-0.4, -0.2) is 39.7 Å². The molecule has 0 spiro atoms. The monoisotopic (exact) mass is 313 g/mol. The van der Waals surface area contributed by atoms with Crippen LogP contribution in [0.3, 0.4) is 0 Å². The fraction of sp³-hybridized carbons (Fsp3) is 0.444. The molecule has 1 unspecified atom stereocenters. The van der Waals surface area contributed by atoms with E-state index < -0.39 is 0 Å². The van der Waals surface area contributed by atoms with Gasteiger partial charge in [-0.2, -0.15) is 0 Å². The van der Waals surface area contributed by atoms with Crippen molar-refractivity contribution in [2.75, 3.05) is 19.8 Å². The Balaban J connectivity index is 1.68. The Labute approximate surface area is 137 Å². The number of aliphatic hydroxyl groups is 1. The molecule has 0 radical (unpaired) electrons. The van der Waals surface area contributed by atoms with E-state index >= 15 is 0 Å². The molecule has 1 atom stereocenters. The standard InChI is InChI=1S/C18H23N3O2/c22-11-10-21(13-15-5-2-1-3-6-15)14-16-8-9-19-18(20-16)17-7-4-12-23-17/h1-3,5-6,8-9,17,22H,4,7,10-14H2. The summed E-state index contributed by atoms with van der Waals surface area (Å²) < 4.78 is 5.66. The van der Waals surface area contributed by atoms with E-state index in [4.69, 9.17) is 4.74 Å². The fourth-order valence-corrected chi connectivity index (χ4v) is 2.86. The fourth-order valence-electron chi connectivity index (χ4n) is 2.86. The van der Waals surface area contributed by atoms with Crippen LogP contribution in [0.25, 0.3) is 0 Å². The highest BCUT2D eigenvalue weighted by atomic mass is 16.5. The van der Waals surface area contributed by atoms with Gasteiger partial charge in [0.2, 0.25) is 0 Å². The second kappa shape index (κ2) is 8.15. The molecule has 2 heterocycles.